The zero-order valence-electron chi connectivity index (χ0n) is 11.6. The first kappa shape index (κ1) is 15.3. The molecule has 1 fully saturated rings. The molecule has 1 atom stereocenters. The van der Waals surface area contributed by atoms with Gasteiger partial charge >= 0.3 is 0 Å². The van der Waals surface area contributed by atoms with Crippen molar-refractivity contribution in [2.45, 2.75) is 44.0 Å². The highest BCUT2D eigenvalue weighted by Gasteiger charge is 2.28. The van der Waals surface area contributed by atoms with Crippen molar-refractivity contribution in [1.82, 2.24) is 4.90 Å². The van der Waals surface area contributed by atoms with Crippen LogP contribution in [0.5, 0.6) is 0 Å². The van der Waals surface area contributed by atoms with Gasteiger partial charge < -0.3 is 4.90 Å². The van der Waals surface area contributed by atoms with Crippen molar-refractivity contribution in [3.63, 3.8) is 0 Å². The van der Waals surface area contributed by atoms with Crippen LogP contribution in [0.2, 0.25) is 0 Å². The molecule has 1 aliphatic heterocycles. The Hall–Kier alpha value is -1.07. The molecule has 1 aromatic rings. The van der Waals surface area contributed by atoms with Crippen molar-refractivity contribution in [3.8, 4) is 0 Å². The van der Waals surface area contributed by atoms with Crippen LogP contribution in [0.3, 0.4) is 0 Å². The molecular weight excluding hydrogens is 298 g/mol. The number of rotatable bonds is 3. The highest BCUT2D eigenvalue weighted by atomic mass is 35.7. The van der Waals surface area contributed by atoms with E-state index >= 15 is 0 Å². The molecule has 0 aliphatic carbocycles. The molecule has 0 N–H and O–H groups in total. The largest absolute Gasteiger partial charge is 0.336 e. The second-order valence-corrected chi connectivity index (χ2v) is 7.66. The van der Waals surface area contributed by atoms with Crippen LogP contribution in [0, 0.1) is 6.92 Å². The predicted octanol–water partition coefficient (Wildman–Crippen LogP) is 2.94. The maximum Gasteiger partial charge on any atom is 0.261 e. The Morgan fingerprint density at radius 3 is 2.75 bits per heavy atom. The lowest BCUT2D eigenvalue weighted by Gasteiger charge is -2.24. The van der Waals surface area contributed by atoms with Gasteiger partial charge in [-0.15, -0.1) is 0 Å². The summed E-state index contributed by atoms with van der Waals surface area (Å²) >= 11 is 0. The number of hydrogen-bond acceptors (Lipinski definition) is 3. The quantitative estimate of drug-likeness (QED) is 0.806. The van der Waals surface area contributed by atoms with Gasteiger partial charge in [0.25, 0.3) is 15.0 Å². The minimum absolute atomic E-state index is 0.0114. The van der Waals surface area contributed by atoms with E-state index in [1.807, 2.05) is 4.90 Å². The van der Waals surface area contributed by atoms with Crippen LogP contribution in [0.15, 0.2) is 23.1 Å². The first-order chi connectivity index (χ1) is 9.34. The molecule has 1 unspecified atom stereocenters. The van der Waals surface area contributed by atoms with Gasteiger partial charge in [0.15, 0.2) is 0 Å². The lowest BCUT2D eigenvalue weighted by atomic mass is 10.1. The van der Waals surface area contributed by atoms with Gasteiger partial charge in [0.05, 0.1) is 4.90 Å². The highest BCUT2D eigenvalue weighted by Crippen LogP contribution is 2.25. The van der Waals surface area contributed by atoms with E-state index in [0.717, 1.165) is 25.8 Å². The molecular formula is C14H18ClNO3S. The Morgan fingerprint density at radius 2 is 2.15 bits per heavy atom. The van der Waals surface area contributed by atoms with E-state index in [1.54, 1.807) is 19.1 Å². The number of nitrogens with zero attached hydrogens (tertiary/aromatic N) is 1. The van der Waals surface area contributed by atoms with Crippen LogP contribution in [-0.2, 0) is 9.05 Å². The van der Waals surface area contributed by atoms with E-state index in [0.29, 0.717) is 11.1 Å². The lowest BCUT2D eigenvalue weighted by Crippen LogP contribution is -2.35. The van der Waals surface area contributed by atoms with Gasteiger partial charge in [-0.25, -0.2) is 8.42 Å². The summed E-state index contributed by atoms with van der Waals surface area (Å²) < 4.78 is 23.0. The average Bonchev–Trinajstić information content (AvgIpc) is 2.85. The van der Waals surface area contributed by atoms with Gasteiger partial charge in [-0.1, -0.05) is 13.0 Å². The van der Waals surface area contributed by atoms with Crippen molar-refractivity contribution >= 4 is 25.6 Å². The van der Waals surface area contributed by atoms with Gasteiger partial charge in [0, 0.05) is 28.8 Å². The number of halogens is 1. The molecule has 110 valence electrons. The standard InChI is InChI=1S/C14H18ClNO3S/c1-3-12-5-4-8-16(12)14(17)11-7-6-10(2)13(9-11)20(15,18)19/h6-7,9,12H,3-5,8H2,1-2H3. The topological polar surface area (TPSA) is 54.5 Å². The van der Waals surface area contributed by atoms with Crippen LogP contribution >= 0.6 is 10.7 Å². The van der Waals surface area contributed by atoms with Crippen LogP contribution in [0.1, 0.15) is 42.1 Å². The first-order valence-corrected chi connectivity index (χ1v) is 9.01. The van der Waals surface area contributed by atoms with Crippen molar-refractivity contribution in [3.05, 3.63) is 29.3 Å². The highest BCUT2D eigenvalue weighted by molar-refractivity contribution is 8.13. The molecule has 0 bridgehead atoms. The molecule has 1 aliphatic rings. The molecule has 2 rings (SSSR count). The first-order valence-electron chi connectivity index (χ1n) is 6.71. The Bertz CT molecular complexity index is 627. The summed E-state index contributed by atoms with van der Waals surface area (Å²) in [5.74, 6) is -0.115. The molecule has 20 heavy (non-hydrogen) atoms. The summed E-state index contributed by atoms with van der Waals surface area (Å²) in [5.41, 5.74) is 0.931. The minimum Gasteiger partial charge on any atom is -0.336 e. The van der Waals surface area contributed by atoms with E-state index in [2.05, 4.69) is 6.92 Å². The van der Waals surface area contributed by atoms with Crippen molar-refractivity contribution in [1.29, 1.82) is 0 Å². The van der Waals surface area contributed by atoms with Gasteiger partial charge in [0.2, 0.25) is 0 Å². The maximum absolute atomic E-state index is 12.5. The van der Waals surface area contributed by atoms with Gasteiger partial charge in [-0.3, -0.25) is 4.79 Å². The van der Waals surface area contributed by atoms with Crippen molar-refractivity contribution in [2.75, 3.05) is 6.54 Å². The number of carbonyl (C=O) groups excluding carboxylic acids is 1. The predicted molar refractivity (Wildman–Crippen MR) is 78.6 cm³/mol. The number of aryl methyl sites for hydroxylation is 1. The Labute approximate surface area is 124 Å². The molecule has 1 aromatic carbocycles. The van der Waals surface area contributed by atoms with Gasteiger partial charge in [-0.05, 0) is 43.9 Å². The van der Waals surface area contributed by atoms with Crippen molar-refractivity contribution in [2.24, 2.45) is 0 Å². The van der Waals surface area contributed by atoms with E-state index < -0.39 is 9.05 Å². The molecule has 1 heterocycles. The molecule has 4 nitrogen and oxygen atoms in total. The fraction of sp³-hybridized carbons (Fsp3) is 0.500. The summed E-state index contributed by atoms with van der Waals surface area (Å²) in [6.45, 7) is 4.45. The number of carbonyl (C=O) groups is 1. The Kier molecular flexibility index (Phi) is 4.39. The third-order valence-corrected chi connectivity index (χ3v) is 5.27. The minimum atomic E-state index is -3.83. The summed E-state index contributed by atoms with van der Waals surface area (Å²) in [6, 6.07) is 4.92. The van der Waals surface area contributed by atoms with Crippen molar-refractivity contribution < 1.29 is 13.2 Å². The summed E-state index contributed by atoms with van der Waals surface area (Å²) in [7, 11) is 1.57. The third-order valence-electron chi connectivity index (χ3n) is 3.81. The summed E-state index contributed by atoms with van der Waals surface area (Å²) in [5, 5.41) is 0. The van der Waals surface area contributed by atoms with Crippen LogP contribution in [0.4, 0.5) is 0 Å². The lowest BCUT2D eigenvalue weighted by molar-refractivity contribution is 0.0733. The smallest absolute Gasteiger partial charge is 0.261 e. The van der Waals surface area contributed by atoms with E-state index in [-0.39, 0.29) is 16.8 Å². The van der Waals surface area contributed by atoms with E-state index in [1.165, 1.54) is 6.07 Å². The zero-order chi connectivity index (χ0) is 14.9. The molecule has 1 saturated heterocycles. The molecule has 6 heteroatoms. The normalized spacial score (nSPS) is 19.4. The second-order valence-electron chi connectivity index (χ2n) is 5.12. The van der Waals surface area contributed by atoms with E-state index in [9.17, 15) is 13.2 Å². The number of hydrogen-bond donors (Lipinski definition) is 0. The van der Waals surface area contributed by atoms with Gasteiger partial charge in [0.1, 0.15) is 0 Å². The molecule has 1 amide bonds. The molecule has 0 saturated carbocycles. The number of benzene rings is 1. The maximum atomic E-state index is 12.5. The molecule has 0 spiro atoms. The van der Waals surface area contributed by atoms with Crippen LogP contribution < -0.4 is 0 Å². The fourth-order valence-electron chi connectivity index (χ4n) is 2.69. The van der Waals surface area contributed by atoms with E-state index in [4.69, 9.17) is 10.7 Å². The third kappa shape index (κ3) is 2.99. The van der Waals surface area contributed by atoms with Crippen LogP contribution in [-0.4, -0.2) is 31.8 Å². The summed E-state index contributed by atoms with van der Waals surface area (Å²) in [6.07, 6.45) is 2.92. The Morgan fingerprint density at radius 1 is 1.45 bits per heavy atom. The SMILES string of the molecule is CCC1CCCN1C(=O)c1ccc(C)c(S(=O)(=O)Cl)c1. The van der Waals surface area contributed by atoms with Crippen LogP contribution in [0.25, 0.3) is 0 Å². The Balaban J connectivity index is 2.36. The fourth-order valence-corrected chi connectivity index (χ4v) is 3.91. The molecule has 0 aromatic heterocycles. The average molecular weight is 316 g/mol. The second kappa shape index (κ2) is 5.74. The molecule has 0 radical (unpaired) electrons. The summed E-state index contributed by atoms with van der Waals surface area (Å²) in [4.78, 5) is 14.3. The zero-order valence-corrected chi connectivity index (χ0v) is 13.2. The number of amides is 1. The monoisotopic (exact) mass is 315 g/mol. The van der Waals surface area contributed by atoms with Gasteiger partial charge in [-0.2, -0.15) is 0 Å². The number of likely N-dealkylation sites (tertiary alicyclic amines) is 1.